The number of hydrogen-bond acceptors (Lipinski definition) is 7. The van der Waals surface area contributed by atoms with Crippen molar-refractivity contribution in [1.82, 2.24) is 19.1 Å². The molecule has 0 unspecified atom stereocenters. The van der Waals surface area contributed by atoms with Gasteiger partial charge in [0.05, 0.1) is 5.39 Å². The van der Waals surface area contributed by atoms with Crippen molar-refractivity contribution in [3.8, 4) is 16.8 Å². The van der Waals surface area contributed by atoms with Gasteiger partial charge in [0.2, 0.25) is 0 Å². The van der Waals surface area contributed by atoms with Gasteiger partial charge in [-0.2, -0.15) is 10.6 Å². The molecule has 40 heavy (non-hydrogen) atoms. The van der Waals surface area contributed by atoms with Crippen LogP contribution in [0.25, 0.3) is 27.8 Å². The molecule has 5 aromatic rings. The number of hydrogen-bond donors (Lipinski definition) is 4. The summed E-state index contributed by atoms with van der Waals surface area (Å²) in [5.74, 6) is 0.578. The molecule has 0 spiro atoms. The van der Waals surface area contributed by atoms with E-state index in [1.807, 2.05) is 36.5 Å². The van der Waals surface area contributed by atoms with Crippen LogP contribution in [-0.4, -0.2) is 45.6 Å². The number of para-hydroxylation sites is 1. The van der Waals surface area contributed by atoms with Gasteiger partial charge < -0.3 is 15.6 Å². The number of pyridine rings is 1. The van der Waals surface area contributed by atoms with Gasteiger partial charge in [-0.15, -0.1) is 0 Å². The summed E-state index contributed by atoms with van der Waals surface area (Å²) in [6.45, 7) is 0. The molecular formula is C29H28N6O4S. The molecular weight excluding hydrogens is 528 g/mol. The number of carbonyl (C=O) groups is 1. The first-order valence-electron chi connectivity index (χ1n) is 12.8. The minimum Gasteiger partial charge on any atom is -0.383 e. The molecule has 4 heterocycles. The fraction of sp³-hybridized carbons (Fsp3) is 0.172. The lowest BCUT2D eigenvalue weighted by atomic mass is 10.1. The van der Waals surface area contributed by atoms with E-state index in [0.717, 1.165) is 16.5 Å². The van der Waals surface area contributed by atoms with Crippen molar-refractivity contribution in [3.63, 3.8) is 0 Å². The highest BCUT2D eigenvalue weighted by molar-refractivity contribution is 8.24. The van der Waals surface area contributed by atoms with Crippen LogP contribution in [0.2, 0.25) is 0 Å². The third kappa shape index (κ3) is 4.86. The molecule has 0 aliphatic carbocycles. The summed E-state index contributed by atoms with van der Waals surface area (Å²) in [5, 5.41) is 3.54. The standard InChI is InChI=1S/C29H28N6O4S/c30-26-25-24(17-35(27(25)32-18-31-26)22-12-15-40(38,39)16-13-22)19-8-10-20(11-9-19)33-28(36)23-7-4-14-34(29(23)37)21-5-2-1-3-6-21/h1-11,14,17-18,22,38-39H,12-13,15-16H2,(H,33,36)(H2,30,31,32). The summed E-state index contributed by atoms with van der Waals surface area (Å²) >= 11 is 0. The third-order valence-corrected chi connectivity index (χ3v) is 9.05. The number of nitrogen functional groups attached to an aromatic ring is 1. The first-order chi connectivity index (χ1) is 19.3. The highest BCUT2D eigenvalue weighted by Crippen LogP contribution is 2.48. The first kappa shape index (κ1) is 25.8. The summed E-state index contributed by atoms with van der Waals surface area (Å²) in [5.41, 5.74) is 9.52. The Morgan fingerprint density at radius 3 is 2.42 bits per heavy atom. The number of carbonyl (C=O) groups excluding carboxylic acids is 1. The second-order valence-corrected chi connectivity index (χ2v) is 12.2. The Labute approximate surface area is 231 Å². The van der Waals surface area contributed by atoms with Crippen molar-refractivity contribution in [2.24, 2.45) is 0 Å². The van der Waals surface area contributed by atoms with E-state index in [0.29, 0.717) is 47.2 Å². The van der Waals surface area contributed by atoms with E-state index >= 15 is 0 Å². The van der Waals surface area contributed by atoms with Crippen molar-refractivity contribution >= 4 is 39.0 Å². The molecule has 1 saturated heterocycles. The van der Waals surface area contributed by atoms with E-state index in [9.17, 15) is 18.7 Å². The maximum absolute atomic E-state index is 13.0. The Bertz CT molecular complexity index is 1760. The van der Waals surface area contributed by atoms with E-state index in [4.69, 9.17) is 5.73 Å². The van der Waals surface area contributed by atoms with Gasteiger partial charge in [0, 0.05) is 46.9 Å². The van der Waals surface area contributed by atoms with Crippen LogP contribution in [0, 0.1) is 0 Å². The van der Waals surface area contributed by atoms with Crippen molar-refractivity contribution < 1.29 is 13.9 Å². The third-order valence-electron chi connectivity index (χ3n) is 7.27. The number of benzene rings is 2. The second kappa shape index (κ2) is 10.3. The van der Waals surface area contributed by atoms with Crippen LogP contribution in [0.3, 0.4) is 0 Å². The fourth-order valence-electron chi connectivity index (χ4n) is 5.17. The van der Waals surface area contributed by atoms with Gasteiger partial charge in [0.15, 0.2) is 0 Å². The Kier molecular flexibility index (Phi) is 6.62. The molecule has 1 fully saturated rings. The number of fused-ring (bicyclic) bond motifs is 1. The SMILES string of the molecule is Nc1ncnc2c1c(-c1ccc(NC(=O)c3cccn(-c4ccccc4)c3=O)cc1)cn2C1CCS(O)(O)CC1. The van der Waals surface area contributed by atoms with E-state index in [-0.39, 0.29) is 11.6 Å². The monoisotopic (exact) mass is 556 g/mol. The first-order valence-corrected chi connectivity index (χ1v) is 14.7. The molecule has 1 aliphatic heterocycles. The van der Waals surface area contributed by atoms with Crippen LogP contribution in [0.15, 0.2) is 90.2 Å². The maximum Gasteiger partial charge on any atom is 0.267 e. The highest BCUT2D eigenvalue weighted by Gasteiger charge is 2.28. The molecule has 3 aromatic heterocycles. The molecule has 2 aromatic carbocycles. The predicted octanol–water partition coefficient (Wildman–Crippen LogP) is 5.17. The molecule has 0 saturated carbocycles. The lowest BCUT2D eigenvalue weighted by Crippen LogP contribution is -2.27. The van der Waals surface area contributed by atoms with Gasteiger partial charge in [-0.3, -0.25) is 23.3 Å². The Morgan fingerprint density at radius 2 is 1.70 bits per heavy atom. The molecule has 204 valence electrons. The fourth-order valence-corrected chi connectivity index (χ4v) is 6.67. The molecule has 5 N–H and O–H groups in total. The highest BCUT2D eigenvalue weighted by atomic mass is 32.3. The number of rotatable bonds is 5. The molecule has 1 amide bonds. The topological polar surface area (TPSA) is 148 Å². The quantitative estimate of drug-likeness (QED) is 0.233. The largest absolute Gasteiger partial charge is 0.383 e. The minimum atomic E-state index is -2.51. The molecule has 0 atom stereocenters. The van der Waals surface area contributed by atoms with Gasteiger partial charge in [-0.05, 0) is 54.8 Å². The van der Waals surface area contributed by atoms with Crippen LogP contribution in [-0.2, 0) is 0 Å². The van der Waals surface area contributed by atoms with Crippen LogP contribution in [0.4, 0.5) is 11.5 Å². The number of nitrogens with two attached hydrogens (primary N) is 1. The molecule has 11 heteroatoms. The van der Waals surface area contributed by atoms with E-state index < -0.39 is 22.1 Å². The zero-order valence-electron chi connectivity index (χ0n) is 21.5. The lowest BCUT2D eigenvalue weighted by Gasteiger charge is -2.39. The second-order valence-electron chi connectivity index (χ2n) is 9.81. The van der Waals surface area contributed by atoms with Gasteiger partial charge in [-0.1, -0.05) is 30.3 Å². The van der Waals surface area contributed by atoms with Crippen LogP contribution < -0.4 is 16.6 Å². The van der Waals surface area contributed by atoms with Crippen molar-refractivity contribution in [2.45, 2.75) is 18.9 Å². The number of aromatic nitrogens is 4. The number of amides is 1. The van der Waals surface area contributed by atoms with Gasteiger partial charge >= 0.3 is 0 Å². The molecule has 0 bridgehead atoms. The van der Waals surface area contributed by atoms with Crippen LogP contribution >= 0.6 is 10.6 Å². The number of nitrogens with zero attached hydrogens (tertiary/aromatic N) is 4. The average Bonchev–Trinajstić information content (AvgIpc) is 3.35. The Morgan fingerprint density at radius 1 is 0.975 bits per heavy atom. The molecule has 0 radical (unpaired) electrons. The van der Waals surface area contributed by atoms with Crippen molar-refractivity contribution in [1.29, 1.82) is 0 Å². The van der Waals surface area contributed by atoms with E-state index in [2.05, 4.69) is 19.9 Å². The summed E-state index contributed by atoms with van der Waals surface area (Å²) < 4.78 is 23.6. The van der Waals surface area contributed by atoms with Crippen LogP contribution in [0.5, 0.6) is 0 Å². The smallest absolute Gasteiger partial charge is 0.267 e. The Hall–Kier alpha value is -4.45. The minimum absolute atomic E-state index is 0.0347. The summed E-state index contributed by atoms with van der Waals surface area (Å²) in [7, 11) is -2.51. The normalized spacial score (nSPS) is 16.1. The van der Waals surface area contributed by atoms with Crippen molar-refractivity contribution in [3.05, 3.63) is 101 Å². The summed E-state index contributed by atoms with van der Waals surface area (Å²) in [6, 6.07) is 19.6. The maximum atomic E-state index is 13.0. The Balaban J connectivity index is 1.27. The average molecular weight is 557 g/mol. The van der Waals surface area contributed by atoms with Crippen molar-refractivity contribution in [2.75, 3.05) is 22.6 Å². The number of nitrogens with one attached hydrogen (secondary N) is 1. The number of anilines is 2. The molecule has 10 nitrogen and oxygen atoms in total. The summed E-state index contributed by atoms with van der Waals surface area (Å²) in [6.07, 6.45) is 6.31. The predicted molar refractivity (Wildman–Crippen MR) is 158 cm³/mol. The van der Waals surface area contributed by atoms with Gasteiger partial charge in [-0.25, -0.2) is 9.97 Å². The molecule has 1 aliphatic rings. The van der Waals surface area contributed by atoms with Gasteiger partial charge in [0.25, 0.3) is 11.5 Å². The van der Waals surface area contributed by atoms with Crippen LogP contribution in [0.1, 0.15) is 29.2 Å². The van der Waals surface area contributed by atoms with E-state index in [1.54, 1.807) is 36.5 Å². The zero-order chi connectivity index (χ0) is 27.9. The summed E-state index contributed by atoms with van der Waals surface area (Å²) in [4.78, 5) is 34.7. The van der Waals surface area contributed by atoms with E-state index in [1.165, 1.54) is 17.0 Å². The van der Waals surface area contributed by atoms with Gasteiger partial charge in [0.1, 0.15) is 23.4 Å². The molecule has 6 rings (SSSR count). The zero-order valence-corrected chi connectivity index (χ0v) is 22.3. The lowest BCUT2D eigenvalue weighted by molar-refractivity contribution is 0.102.